The average molecular weight is 815 g/mol. The van der Waals surface area contributed by atoms with Crippen molar-refractivity contribution in [3.63, 3.8) is 0 Å². The van der Waals surface area contributed by atoms with Crippen molar-refractivity contribution >= 4 is 23.6 Å². The second kappa shape index (κ2) is 15.7. The molecule has 9 nitrogen and oxygen atoms in total. The van der Waals surface area contributed by atoms with E-state index >= 15 is 0 Å². The highest BCUT2D eigenvalue weighted by molar-refractivity contribution is 6.00. The molecule has 0 spiro atoms. The molecular formula is C50H74N2O7. The molecule has 1 saturated heterocycles. The number of aliphatic hydroxyl groups excluding tert-OH is 1. The highest BCUT2D eigenvalue weighted by Gasteiger charge is 2.71. The molecule has 1 aromatic rings. The molecule has 6 aliphatic rings. The van der Waals surface area contributed by atoms with Gasteiger partial charge in [-0.25, -0.2) is 0 Å². The quantitative estimate of drug-likeness (QED) is 0.189. The number of rotatable bonds is 13. The van der Waals surface area contributed by atoms with Gasteiger partial charge >= 0.3 is 11.9 Å². The third kappa shape index (κ3) is 7.34. The number of ether oxygens (including phenoxy) is 1. The van der Waals surface area contributed by atoms with Crippen molar-refractivity contribution in [1.29, 1.82) is 0 Å². The topological polar surface area (TPSA) is 124 Å². The molecule has 1 amide bonds. The molecule has 5 aliphatic carbocycles. The fraction of sp³-hybridized carbons (Fsp3) is 0.760. The highest BCUT2D eigenvalue weighted by atomic mass is 16.5. The van der Waals surface area contributed by atoms with E-state index in [4.69, 9.17) is 4.74 Å². The van der Waals surface area contributed by atoms with E-state index < -0.39 is 28.9 Å². The zero-order valence-electron chi connectivity index (χ0n) is 37.7. The van der Waals surface area contributed by atoms with E-state index in [0.29, 0.717) is 50.9 Å². The van der Waals surface area contributed by atoms with E-state index in [1.54, 1.807) is 13.8 Å². The molecule has 9 atom stereocenters. The van der Waals surface area contributed by atoms with Gasteiger partial charge in [0, 0.05) is 56.4 Å². The normalized spacial score (nSPS) is 36.0. The van der Waals surface area contributed by atoms with E-state index in [1.165, 1.54) is 11.1 Å². The van der Waals surface area contributed by atoms with E-state index in [2.05, 4.69) is 77.6 Å². The maximum atomic E-state index is 14.4. The molecule has 4 saturated carbocycles. The predicted molar refractivity (Wildman–Crippen MR) is 229 cm³/mol. The van der Waals surface area contributed by atoms with Crippen LogP contribution < -0.4 is 0 Å². The number of aliphatic carboxylic acids is 1. The molecule has 1 heterocycles. The van der Waals surface area contributed by atoms with Gasteiger partial charge in [0.25, 0.3) is 0 Å². The second-order valence-corrected chi connectivity index (χ2v) is 22.3. The predicted octanol–water partition coefficient (Wildman–Crippen LogP) is 8.87. The SMILES string of the molecule is CC(C)C1=C2[C@H]3CC[C@@H]4[C@@]5(C)CC[C@H](OC(=O)CC(C)(C)C(=O)O)C(C)(C)[C@@H]5CC[C@@]4(C)[C@]3(C)CC[C@@]2([C@@H](O)CN(CCN2CCCC2=O)Cc2ccccc2)CC1=O. The summed E-state index contributed by atoms with van der Waals surface area (Å²) in [4.78, 5) is 56.3. The van der Waals surface area contributed by atoms with Crippen LogP contribution in [0.4, 0.5) is 0 Å². The number of carboxylic acids is 1. The summed E-state index contributed by atoms with van der Waals surface area (Å²) >= 11 is 0. The number of fused-ring (bicyclic) bond motifs is 7. The zero-order valence-corrected chi connectivity index (χ0v) is 37.7. The Bertz CT molecular complexity index is 1840. The van der Waals surface area contributed by atoms with Crippen LogP contribution in [0.15, 0.2) is 41.5 Å². The Morgan fingerprint density at radius 3 is 2.29 bits per heavy atom. The number of hydrogen-bond donors (Lipinski definition) is 2. The van der Waals surface area contributed by atoms with E-state index in [0.717, 1.165) is 69.9 Å². The number of carbonyl (C=O) groups is 4. The van der Waals surface area contributed by atoms with Crippen molar-refractivity contribution in [3.8, 4) is 0 Å². The molecule has 0 aromatic heterocycles. The van der Waals surface area contributed by atoms with Gasteiger partial charge in [-0.1, -0.05) is 84.4 Å². The molecule has 0 radical (unpaired) electrons. The Hall–Kier alpha value is -3.04. The third-order valence-electron chi connectivity index (χ3n) is 18.0. The Labute approximate surface area is 354 Å². The lowest BCUT2D eigenvalue weighted by molar-refractivity contribution is -0.235. The minimum absolute atomic E-state index is 0.0196. The van der Waals surface area contributed by atoms with Crippen molar-refractivity contribution < 1.29 is 34.1 Å². The van der Waals surface area contributed by atoms with Crippen LogP contribution in [0.5, 0.6) is 0 Å². The van der Waals surface area contributed by atoms with Crippen molar-refractivity contribution in [3.05, 3.63) is 47.0 Å². The van der Waals surface area contributed by atoms with Gasteiger partial charge < -0.3 is 19.8 Å². The first-order chi connectivity index (χ1) is 27.6. The lowest BCUT2D eigenvalue weighted by Crippen LogP contribution is -2.66. The number of nitrogens with zero attached hydrogens (tertiary/aromatic N) is 2. The van der Waals surface area contributed by atoms with Gasteiger partial charge in [0.2, 0.25) is 5.91 Å². The maximum Gasteiger partial charge on any atom is 0.309 e. The summed E-state index contributed by atoms with van der Waals surface area (Å²) in [5.41, 5.74) is 1.41. The lowest BCUT2D eigenvalue weighted by atomic mass is 9.33. The molecule has 326 valence electrons. The van der Waals surface area contributed by atoms with Crippen molar-refractivity contribution in [1.82, 2.24) is 9.80 Å². The summed E-state index contributed by atoms with van der Waals surface area (Å²) < 4.78 is 6.20. The summed E-state index contributed by atoms with van der Waals surface area (Å²) in [6.07, 6.45) is 8.43. The first-order valence-corrected chi connectivity index (χ1v) is 23.0. The minimum Gasteiger partial charge on any atom is -0.481 e. The molecule has 9 heteroatoms. The van der Waals surface area contributed by atoms with Gasteiger partial charge in [0.1, 0.15) is 6.10 Å². The Kier molecular flexibility index (Phi) is 11.7. The zero-order chi connectivity index (χ0) is 42.9. The number of carbonyl (C=O) groups excluding carboxylic acids is 3. The van der Waals surface area contributed by atoms with Crippen LogP contribution in [-0.2, 0) is 30.5 Å². The third-order valence-corrected chi connectivity index (χ3v) is 18.0. The number of carboxylic acid groups (broad SMARTS) is 1. The van der Waals surface area contributed by atoms with Gasteiger partial charge in [-0.3, -0.25) is 24.1 Å². The van der Waals surface area contributed by atoms with Crippen LogP contribution in [0, 0.1) is 56.2 Å². The molecule has 2 N–H and O–H groups in total. The fourth-order valence-electron chi connectivity index (χ4n) is 14.6. The average Bonchev–Trinajstić information content (AvgIpc) is 3.71. The molecular weight excluding hydrogens is 741 g/mol. The Balaban J connectivity index is 1.16. The molecule has 59 heavy (non-hydrogen) atoms. The fourth-order valence-corrected chi connectivity index (χ4v) is 14.6. The molecule has 7 rings (SSSR count). The van der Waals surface area contributed by atoms with Crippen molar-refractivity contribution in [2.24, 2.45) is 56.2 Å². The number of likely N-dealkylation sites (tertiary alicyclic amines) is 1. The highest BCUT2D eigenvalue weighted by Crippen LogP contribution is 2.77. The minimum atomic E-state index is -1.18. The Morgan fingerprint density at radius 2 is 1.64 bits per heavy atom. The molecule has 0 bridgehead atoms. The number of esters is 1. The number of allylic oxidation sites excluding steroid dienone is 1. The summed E-state index contributed by atoms with van der Waals surface area (Å²) in [5, 5.41) is 22.4. The van der Waals surface area contributed by atoms with Gasteiger partial charge in [0.05, 0.1) is 17.9 Å². The maximum absolute atomic E-state index is 14.4. The number of Topliss-reactive ketones (excluding diaryl/α,β-unsaturated/α-hetero) is 1. The molecule has 5 fully saturated rings. The smallest absolute Gasteiger partial charge is 0.309 e. The van der Waals surface area contributed by atoms with Crippen LogP contribution in [-0.4, -0.2) is 82.0 Å². The lowest BCUT2D eigenvalue weighted by Gasteiger charge is -2.72. The van der Waals surface area contributed by atoms with Gasteiger partial charge in [-0.2, -0.15) is 0 Å². The van der Waals surface area contributed by atoms with E-state index in [1.807, 2.05) is 11.0 Å². The largest absolute Gasteiger partial charge is 0.481 e. The van der Waals surface area contributed by atoms with Gasteiger partial charge in [-0.15, -0.1) is 0 Å². The van der Waals surface area contributed by atoms with Gasteiger partial charge in [0.15, 0.2) is 5.78 Å². The van der Waals surface area contributed by atoms with Crippen LogP contribution in [0.3, 0.4) is 0 Å². The van der Waals surface area contributed by atoms with Crippen LogP contribution >= 0.6 is 0 Å². The number of aliphatic hydroxyl groups is 1. The van der Waals surface area contributed by atoms with Crippen LogP contribution in [0.25, 0.3) is 0 Å². The second-order valence-electron chi connectivity index (χ2n) is 22.3. The van der Waals surface area contributed by atoms with Crippen molar-refractivity contribution in [2.45, 2.75) is 158 Å². The monoisotopic (exact) mass is 815 g/mol. The summed E-state index contributed by atoms with van der Waals surface area (Å²) in [7, 11) is 0. The van der Waals surface area contributed by atoms with Crippen molar-refractivity contribution in [2.75, 3.05) is 26.2 Å². The summed E-state index contributed by atoms with van der Waals surface area (Å²) in [6, 6.07) is 10.4. The molecule has 1 aliphatic heterocycles. The summed E-state index contributed by atoms with van der Waals surface area (Å²) in [6.45, 7) is 22.9. The Morgan fingerprint density at radius 1 is 0.932 bits per heavy atom. The van der Waals surface area contributed by atoms with Crippen LogP contribution in [0.2, 0.25) is 0 Å². The first-order valence-electron chi connectivity index (χ1n) is 23.0. The number of hydrogen-bond acceptors (Lipinski definition) is 7. The van der Waals surface area contributed by atoms with E-state index in [9.17, 15) is 29.4 Å². The summed E-state index contributed by atoms with van der Waals surface area (Å²) in [5.74, 6) is 0.118. The number of ketones is 1. The first kappa shape index (κ1) is 44.0. The van der Waals surface area contributed by atoms with Gasteiger partial charge in [-0.05, 0) is 123 Å². The van der Waals surface area contributed by atoms with Crippen LogP contribution in [0.1, 0.15) is 145 Å². The number of benzene rings is 1. The van der Waals surface area contributed by atoms with E-state index in [-0.39, 0.29) is 57.7 Å². The molecule has 1 aromatic carbocycles. The molecule has 0 unspecified atom stereocenters. The standard InChI is InChI=1S/C50H74N2O7/c1-32(2)42-35(53)28-50(38(54)31-51(30-33-14-11-10-12-15-33)26-27-52-25-13-16-40(52)55)24-23-48(8)34(43(42)50)17-18-37-47(7)21-20-39(59-41(56)29-45(3,4)44(57)58)46(5,6)36(47)19-22-49(37,48)9/h10-12,14-15,32,34,36-39,54H,13,16-31H2,1-9H3,(H,57,58)/t34-,36+,37-,38+,39+,47+,48-,49-,50+/m1/s1. The number of amides is 1.